The van der Waals surface area contributed by atoms with Crippen molar-refractivity contribution in [3.05, 3.63) is 24.0 Å². The Morgan fingerprint density at radius 2 is 1.90 bits per heavy atom. The Morgan fingerprint density at radius 1 is 1.20 bits per heavy atom. The third kappa shape index (κ3) is 4.08. The van der Waals surface area contributed by atoms with Gasteiger partial charge in [-0.15, -0.1) is 0 Å². The van der Waals surface area contributed by atoms with Crippen molar-refractivity contribution in [3.8, 4) is 0 Å². The summed E-state index contributed by atoms with van der Waals surface area (Å²) in [5.41, 5.74) is 1.27. The van der Waals surface area contributed by atoms with E-state index in [-0.39, 0.29) is 19.0 Å². The Morgan fingerprint density at radius 3 is 2.50 bits per heavy atom. The Kier molecular flexibility index (Phi) is 5.61. The Balaban J connectivity index is 2.01. The van der Waals surface area contributed by atoms with Crippen LogP contribution >= 0.6 is 0 Å². The second-order valence-corrected chi connectivity index (χ2v) is 5.28. The summed E-state index contributed by atoms with van der Waals surface area (Å²) in [7, 11) is 0. The van der Waals surface area contributed by atoms with Gasteiger partial charge in [0.05, 0.1) is 18.4 Å². The zero-order valence-electron chi connectivity index (χ0n) is 11.7. The predicted octanol–water partition coefficient (Wildman–Crippen LogP) is 1.97. The van der Waals surface area contributed by atoms with Crippen LogP contribution in [0, 0.1) is 5.82 Å². The lowest BCUT2D eigenvalue weighted by Gasteiger charge is -2.23. The van der Waals surface area contributed by atoms with Gasteiger partial charge in [-0.2, -0.15) is 0 Å². The van der Waals surface area contributed by atoms with Gasteiger partial charge >= 0.3 is 0 Å². The molecule has 2 rings (SSSR count). The summed E-state index contributed by atoms with van der Waals surface area (Å²) >= 11 is 0. The van der Waals surface area contributed by atoms with Gasteiger partial charge in [-0.25, -0.2) is 4.39 Å². The molecule has 5 heteroatoms. The molecular formula is C15H23FN2O2. The van der Waals surface area contributed by atoms with E-state index in [1.807, 2.05) is 6.07 Å². The van der Waals surface area contributed by atoms with Gasteiger partial charge in [-0.3, -0.25) is 0 Å². The molecule has 1 aromatic carbocycles. The van der Waals surface area contributed by atoms with Crippen LogP contribution in [0.15, 0.2) is 18.2 Å². The molecule has 1 heterocycles. The highest BCUT2D eigenvalue weighted by molar-refractivity contribution is 5.56. The largest absolute Gasteiger partial charge is 0.394 e. The molecule has 1 fully saturated rings. The summed E-state index contributed by atoms with van der Waals surface area (Å²) < 4.78 is 14.2. The smallest absolute Gasteiger partial charge is 0.148 e. The average Bonchev–Trinajstić information content (AvgIpc) is 2.73. The third-order valence-corrected chi connectivity index (χ3v) is 3.65. The van der Waals surface area contributed by atoms with E-state index in [9.17, 15) is 9.50 Å². The van der Waals surface area contributed by atoms with E-state index >= 15 is 0 Å². The quantitative estimate of drug-likeness (QED) is 0.773. The number of aliphatic hydroxyl groups excluding tert-OH is 2. The summed E-state index contributed by atoms with van der Waals surface area (Å²) in [6, 6.07) is 5.05. The molecule has 1 aliphatic rings. The van der Waals surface area contributed by atoms with Crippen LogP contribution in [0.2, 0.25) is 0 Å². The first-order valence-corrected chi connectivity index (χ1v) is 7.28. The maximum Gasteiger partial charge on any atom is 0.148 e. The van der Waals surface area contributed by atoms with Gasteiger partial charge in [0.15, 0.2) is 0 Å². The molecule has 0 amide bonds. The van der Waals surface area contributed by atoms with E-state index < -0.39 is 6.10 Å². The van der Waals surface area contributed by atoms with E-state index in [2.05, 4.69) is 10.2 Å². The molecule has 0 radical (unpaired) electrons. The lowest BCUT2D eigenvalue weighted by atomic mass is 10.2. The van der Waals surface area contributed by atoms with Crippen LogP contribution in [0.4, 0.5) is 15.8 Å². The van der Waals surface area contributed by atoms with Gasteiger partial charge in [-0.1, -0.05) is 12.8 Å². The van der Waals surface area contributed by atoms with E-state index in [1.54, 1.807) is 6.07 Å². The van der Waals surface area contributed by atoms with Crippen molar-refractivity contribution in [2.75, 3.05) is 36.5 Å². The molecular weight excluding hydrogens is 259 g/mol. The van der Waals surface area contributed by atoms with Crippen molar-refractivity contribution in [1.29, 1.82) is 0 Å². The van der Waals surface area contributed by atoms with E-state index in [4.69, 9.17) is 5.11 Å². The number of nitrogens with one attached hydrogen (secondary N) is 1. The summed E-state index contributed by atoms with van der Waals surface area (Å²) in [5, 5.41) is 20.9. The van der Waals surface area contributed by atoms with E-state index in [0.717, 1.165) is 25.9 Å². The van der Waals surface area contributed by atoms with Crippen LogP contribution < -0.4 is 10.2 Å². The lowest BCUT2D eigenvalue weighted by Crippen LogP contribution is -2.25. The summed E-state index contributed by atoms with van der Waals surface area (Å²) in [6.45, 7) is 1.72. The molecule has 20 heavy (non-hydrogen) atoms. The SMILES string of the molecule is OCC(O)CNc1ccc(N2CCCCCC2)c(F)c1. The fourth-order valence-corrected chi connectivity index (χ4v) is 2.49. The molecule has 0 spiro atoms. The molecule has 0 aliphatic carbocycles. The fraction of sp³-hybridized carbons (Fsp3) is 0.600. The minimum absolute atomic E-state index is 0.207. The average molecular weight is 282 g/mol. The molecule has 1 aliphatic heterocycles. The number of rotatable bonds is 5. The first-order chi connectivity index (χ1) is 9.70. The zero-order valence-corrected chi connectivity index (χ0v) is 11.7. The van der Waals surface area contributed by atoms with Crippen LogP contribution in [-0.4, -0.2) is 42.6 Å². The second kappa shape index (κ2) is 7.45. The highest BCUT2D eigenvalue weighted by Gasteiger charge is 2.14. The van der Waals surface area contributed by atoms with E-state index in [1.165, 1.54) is 18.9 Å². The van der Waals surface area contributed by atoms with Gasteiger partial charge in [0, 0.05) is 25.3 Å². The highest BCUT2D eigenvalue weighted by atomic mass is 19.1. The first kappa shape index (κ1) is 15.1. The Hall–Kier alpha value is -1.33. The molecule has 0 aromatic heterocycles. The Bertz CT molecular complexity index is 420. The standard InChI is InChI=1S/C15H23FN2O2/c16-14-9-12(17-10-13(20)11-19)5-6-15(14)18-7-3-1-2-4-8-18/h5-6,9,13,17,19-20H,1-4,7-8,10-11H2. The van der Waals surface area contributed by atoms with Gasteiger partial charge in [0.25, 0.3) is 0 Å². The predicted molar refractivity (Wildman–Crippen MR) is 78.7 cm³/mol. The van der Waals surface area contributed by atoms with E-state index in [0.29, 0.717) is 11.4 Å². The lowest BCUT2D eigenvalue weighted by molar-refractivity contribution is 0.105. The van der Waals surface area contributed by atoms with Crippen molar-refractivity contribution in [1.82, 2.24) is 0 Å². The Labute approximate surface area is 119 Å². The van der Waals surface area contributed by atoms with Crippen LogP contribution in [0.25, 0.3) is 0 Å². The van der Waals surface area contributed by atoms with Crippen LogP contribution in [0.1, 0.15) is 25.7 Å². The molecule has 1 aromatic rings. The van der Waals surface area contributed by atoms with Crippen LogP contribution in [-0.2, 0) is 0 Å². The number of benzene rings is 1. The molecule has 3 N–H and O–H groups in total. The van der Waals surface area contributed by atoms with Crippen LogP contribution in [0.5, 0.6) is 0 Å². The maximum absolute atomic E-state index is 14.2. The van der Waals surface area contributed by atoms with Crippen LogP contribution in [0.3, 0.4) is 0 Å². The minimum Gasteiger partial charge on any atom is -0.394 e. The van der Waals surface area contributed by atoms with Gasteiger partial charge in [0.2, 0.25) is 0 Å². The number of aliphatic hydroxyl groups is 2. The molecule has 1 saturated heterocycles. The number of hydrogen-bond acceptors (Lipinski definition) is 4. The minimum atomic E-state index is -0.830. The van der Waals surface area contributed by atoms with Crippen molar-refractivity contribution in [2.24, 2.45) is 0 Å². The highest BCUT2D eigenvalue weighted by Crippen LogP contribution is 2.25. The van der Waals surface area contributed by atoms with Gasteiger partial charge < -0.3 is 20.4 Å². The molecule has 0 bridgehead atoms. The number of hydrogen-bond donors (Lipinski definition) is 3. The normalized spacial score (nSPS) is 17.6. The van der Waals surface area contributed by atoms with Crippen molar-refractivity contribution < 1.29 is 14.6 Å². The molecule has 0 saturated carbocycles. The maximum atomic E-state index is 14.2. The second-order valence-electron chi connectivity index (χ2n) is 5.28. The van der Waals surface area contributed by atoms with Crippen molar-refractivity contribution in [3.63, 3.8) is 0 Å². The van der Waals surface area contributed by atoms with Gasteiger partial charge in [-0.05, 0) is 31.0 Å². The molecule has 112 valence electrons. The molecule has 1 atom stereocenters. The number of nitrogens with zero attached hydrogens (tertiary/aromatic N) is 1. The van der Waals surface area contributed by atoms with Gasteiger partial charge in [0.1, 0.15) is 5.82 Å². The topological polar surface area (TPSA) is 55.7 Å². The molecule has 4 nitrogen and oxygen atoms in total. The first-order valence-electron chi connectivity index (χ1n) is 7.28. The summed E-state index contributed by atoms with van der Waals surface area (Å²) in [6.07, 6.45) is 3.83. The molecule has 1 unspecified atom stereocenters. The third-order valence-electron chi connectivity index (χ3n) is 3.65. The monoisotopic (exact) mass is 282 g/mol. The van der Waals surface area contributed by atoms with Crippen molar-refractivity contribution >= 4 is 11.4 Å². The summed E-state index contributed by atoms with van der Waals surface area (Å²) in [4.78, 5) is 2.11. The number of halogens is 1. The van der Waals surface area contributed by atoms with Crippen molar-refractivity contribution in [2.45, 2.75) is 31.8 Å². The zero-order chi connectivity index (χ0) is 14.4. The fourth-order valence-electron chi connectivity index (χ4n) is 2.49. The number of anilines is 2. The summed E-state index contributed by atoms with van der Waals surface area (Å²) in [5.74, 6) is -0.240.